The van der Waals surface area contributed by atoms with E-state index in [1.807, 2.05) is 54.1 Å². The molecular formula is C15H14ClN3O. The van der Waals surface area contributed by atoms with Crippen molar-refractivity contribution in [1.82, 2.24) is 9.55 Å². The maximum Gasteiger partial charge on any atom is 0.147 e. The van der Waals surface area contributed by atoms with Gasteiger partial charge in [0, 0.05) is 12.1 Å². The smallest absolute Gasteiger partial charge is 0.147 e. The number of nitrogens with zero attached hydrogens (tertiary/aromatic N) is 2. The van der Waals surface area contributed by atoms with Gasteiger partial charge in [-0.05, 0) is 30.3 Å². The molecule has 0 aliphatic heterocycles. The van der Waals surface area contributed by atoms with Crippen LogP contribution in [0.25, 0.3) is 11.0 Å². The maximum absolute atomic E-state index is 5.98. The Bertz CT molecular complexity index is 767. The summed E-state index contributed by atoms with van der Waals surface area (Å²) in [4.78, 5) is 4.53. The van der Waals surface area contributed by atoms with Crippen molar-refractivity contribution in [2.24, 2.45) is 7.05 Å². The lowest BCUT2D eigenvalue weighted by Crippen LogP contribution is -2.04. The molecule has 1 heterocycles. The molecule has 0 aliphatic rings. The standard InChI is InChI=1S/C15H14ClN3O/c1-19-13-7-6-10(16)8-12(13)18-15(19)9-20-14-5-3-2-4-11(14)17/h2-8H,9,17H2,1H3. The molecule has 0 saturated heterocycles. The number of anilines is 1. The molecule has 0 saturated carbocycles. The Balaban J connectivity index is 1.88. The highest BCUT2D eigenvalue weighted by Gasteiger charge is 2.09. The van der Waals surface area contributed by atoms with Gasteiger partial charge < -0.3 is 15.0 Å². The zero-order valence-electron chi connectivity index (χ0n) is 11.0. The number of para-hydroxylation sites is 2. The zero-order chi connectivity index (χ0) is 14.1. The number of aromatic nitrogens is 2. The van der Waals surface area contributed by atoms with E-state index in [1.165, 1.54) is 0 Å². The van der Waals surface area contributed by atoms with Crippen LogP contribution in [-0.4, -0.2) is 9.55 Å². The number of hydrogen-bond acceptors (Lipinski definition) is 3. The Hall–Kier alpha value is -2.20. The van der Waals surface area contributed by atoms with Crippen molar-refractivity contribution < 1.29 is 4.74 Å². The monoisotopic (exact) mass is 287 g/mol. The molecule has 0 radical (unpaired) electrons. The van der Waals surface area contributed by atoms with Crippen LogP contribution < -0.4 is 10.5 Å². The van der Waals surface area contributed by atoms with Gasteiger partial charge in [-0.25, -0.2) is 4.98 Å². The molecule has 3 rings (SSSR count). The van der Waals surface area contributed by atoms with Crippen molar-refractivity contribution in [3.05, 3.63) is 53.3 Å². The van der Waals surface area contributed by atoms with E-state index in [0.29, 0.717) is 23.1 Å². The summed E-state index contributed by atoms with van der Waals surface area (Å²) in [5.74, 6) is 1.49. The van der Waals surface area contributed by atoms with Crippen molar-refractivity contribution in [2.45, 2.75) is 6.61 Å². The van der Waals surface area contributed by atoms with Crippen LogP contribution in [0.4, 0.5) is 5.69 Å². The molecule has 0 fully saturated rings. The van der Waals surface area contributed by atoms with E-state index in [0.717, 1.165) is 16.9 Å². The van der Waals surface area contributed by atoms with E-state index < -0.39 is 0 Å². The Morgan fingerprint density at radius 2 is 2.05 bits per heavy atom. The maximum atomic E-state index is 5.98. The van der Waals surface area contributed by atoms with Crippen molar-refractivity contribution in [2.75, 3.05) is 5.73 Å². The number of nitrogens with two attached hydrogens (primary N) is 1. The van der Waals surface area contributed by atoms with E-state index in [-0.39, 0.29) is 0 Å². The fourth-order valence-electron chi connectivity index (χ4n) is 2.11. The molecule has 1 aromatic heterocycles. The first kappa shape index (κ1) is 12.8. The lowest BCUT2D eigenvalue weighted by atomic mass is 10.3. The zero-order valence-corrected chi connectivity index (χ0v) is 11.8. The van der Waals surface area contributed by atoms with Crippen LogP contribution in [0, 0.1) is 0 Å². The summed E-state index contributed by atoms with van der Waals surface area (Å²) in [6.45, 7) is 0.358. The number of rotatable bonds is 3. The van der Waals surface area contributed by atoms with Crippen molar-refractivity contribution in [1.29, 1.82) is 0 Å². The molecule has 2 aromatic carbocycles. The van der Waals surface area contributed by atoms with Crippen LogP contribution in [0.5, 0.6) is 5.75 Å². The summed E-state index contributed by atoms with van der Waals surface area (Å²) in [6, 6.07) is 13.1. The van der Waals surface area contributed by atoms with Crippen molar-refractivity contribution in [3.63, 3.8) is 0 Å². The lowest BCUT2D eigenvalue weighted by Gasteiger charge is -2.08. The third kappa shape index (κ3) is 2.30. The number of hydrogen-bond donors (Lipinski definition) is 1. The first-order valence-corrected chi connectivity index (χ1v) is 6.61. The Labute approximate surface area is 121 Å². The molecule has 4 nitrogen and oxygen atoms in total. The Morgan fingerprint density at radius 1 is 1.25 bits per heavy atom. The average molecular weight is 288 g/mol. The van der Waals surface area contributed by atoms with Crippen molar-refractivity contribution in [3.8, 4) is 5.75 Å². The number of imidazole rings is 1. The molecule has 20 heavy (non-hydrogen) atoms. The fraction of sp³-hybridized carbons (Fsp3) is 0.133. The van der Waals surface area contributed by atoms with Gasteiger partial charge in [0.25, 0.3) is 0 Å². The normalized spacial score (nSPS) is 10.9. The van der Waals surface area contributed by atoms with E-state index in [1.54, 1.807) is 0 Å². The summed E-state index contributed by atoms with van der Waals surface area (Å²) in [7, 11) is 1.95. The van der Waals surface area contributed by atoms with Gasteiger partial charge in [0.15, 0.2) is 0 Å². The number of benzene rings is 2. The van der Waals surface area contributed by atoms with Crippen LogP contribution in [-0.2, 0) is 13.7 Å². The molecule has 0 spiro atoms. The topological polar surface area (TPSA) is 53.1 Å². The highest BCUT2D eigenvalue weighted by molar-refractivity contribution is 6.31. The molecule has 0 atom stereocenters. The van der Waals surface area contributed by atoms with Gasteiger partial charge in [-0.1, -0.05) is 23.7 Å². The molecule has 0 amide bonds. The summed E-state index contributed by atoms with van der Waals surface area (Å²) in [6.07, 6.45) is 0. The number of fused-ring (bicyclic) bond motifs is 1. The number of ether oxygens (including phenoxy) is 1. The van der Waals surface area contributed by atoms with Crippen LogP contribution >= 0.6 is 11.6 Å². The predicted octanol–water partition coefficient (Wildman–Crippen LogP) is 3.39. The summed E-state index contributed by atoms with van der Waals surface area (Å²) in [5.41, 5.74) is 8.35. The van der Waals surface area contributed by atoms with E-state index in [2.05, 4.69) is 4.98 Å². The summed E-state index contributed by atoms with van der Waals surface area (Å²) >= 11 is 5.98. The van der Waals surface area contributed by atoms with Gasteiger partial charge in [-0.2, -0.15) is 0 Å². The fourth-order valence-corrected chi connectivity index (χ4v) is 2.27. The van der Waals surface area contributed by atoms with Crippen molar-refractivity contribution >= 4 is 28.3 Å². The SMILES string of the molecule is Cn1c(COc2ccccc2N)nc2cc(Cl)ccc21. The number of aryl methyl sites for hydroxylation is 1. The van der Waals surface area contributed by atoms with Crippen LogP contribution in [0.15, 0.2) is 42.5 Å². The molecule has 2 N–H and O–H groups in total. The van der Waals surface area contributed by atoms with Crippen LogP contribution in [0.3, 0.4) is 0 Å². The largest absolute Gasteiger partial charge is 0.484 e. The Kier molecular flexibility index (Phi) is 3.24. The third-order valence-electron chi connectivity index (χ3n) is 3.21. The molecule has 3 aromatic rings. The highest BCUT2D eigenvalue weighted by Crippen LogP contribution is 2.23. The predicted molar refractivity (Wildman–Crippen MR) is 80.9 cm³/mol. The molecule has 0 aliphatic carbocycles. The van der Waals surface area contributed by atoms with Gasteiger partial charge in [-0.3, -0.25) is 0 Å². The first-order chi connectivity index (χ1) is 9.65. The highest BCUT2D eigenvalue weighted by atomic mass is 35.5. The summed E-state index contributed by atoms with van der Waals surface area (Å²) in [5, 5.41) is 0.676. The average Bonchev–Trinajstić information content (AvgIpc) is 2.74. The first-order valence-electron chi connectivity index (χ1n) is 6.23. The van der Waals surface area contributed by atoms with Gasteiger partial charge in [0.2, 0.25) is 0 Å². The minimum absolute atomic E-state index is 0.358. The van der Waals surface area contributed by atoms with Gasteiger partial charge in [-0.15, -0.1) is 0 Å². The number of halogens is 1. The molecular weight excluding hydrogens is 274 g/mol. The van der Waals surface area contributed by atoms with Gasteiger partial charge in [0.1, 0.15) is 18.2 Å². The van der Waals surface area contributed by atoms with E-state index in [9.17, 15) is 0 Å². The second-order valence-electron chi connectivity index (χ2n) is 4.55. The van der Waals surface area contributed by atoms with Gasteiger partial charge in [0.05, 0.1) is 16.7 Å². The van der Waals surface area contributed by atoms with E-state index in [4.69, 9.17) is 22.1 Å². The minimum atomic E-state index is 0.358. The van der Waals surface area contributed by atoms with Gasteiger partial charge >= 0.3 is 0 Å². The second kappa shape index (κ2) is 5.06. The second-order valence-corrected chi connectivity index (χ2v) is 4.98. The lowest BCUT2D eigenvalue weighted by molar-refractivity contribution is 0.294. The molecule has 102 valence electrons. The Morgan fingerprint density at radius 3 is 2.85 bits per heavy atom. The van der Waals surface area contributed by atoms with Crippen LogP contribution in [0.2, 0.25) is 5.02 Å². The third-order valence-corrected chi connectivity index (χ3v) is 3.45. The molecule has 5 heteroatoms. The quantitative estimate of drug-likeness (QED) is 0.751. The summed E-state index contributed by atoms with van der Waals surface area (Å²) < 4.78 is 7.71. The van der Waals surface area contributed by atoms with E-state index >= 15 is 0 Å². The number of nitrogen functional groups attached to an aromatic ring is 1. The molecule has 0 unspecified atom stereocenters. The minimum Gasteiger partial charge on any atom is -0.484 e. The molecule has 0 bridgehead atoms. The van der Waals surface area contributed by atoms with Crippen LogP contribution in [0.1, 0.15) is 5.82 Å².